The Hall–Kier alpha value is -2.31. The summed E-state index contributed by atoms with van der Waals surface area (Å²) in [4.78, 5) is 23.6. The molecular weight excluding hydrogens is 275 g/mol. The second kappa shape index (κ2) is 4.99. The van der Waals surface area contributed by atoms with Crippen molar-refractivity contribution in [1.82, 2.24) is 4.57 Å². The normalized spacial score (nSPS) is 10.8. The highest BCUT2D eigenvalue weighted by molar-refractivity contribution is 5.93. The fourth-order valence-corrected chi connectivity index (χ4v) is 1.92. The number of fused-ring (bicyclic) bond motifs is 1. The zero-order valence-electron chi connectivity index (χ0n) is 10.7. The largest absolute Gasteiger partial charge is 0.462 e. The monoisotopic (exact) mass is 285 g/mol. The van der Waals surface area contributed by atoms with Crippen molar-refractivity contribution in [2.45, 2.75) is 6.92 Å². The van der Waals surface area contributed by atoms with Gasteiger partial charge in [0, 0.05) is 13.2 Å². The van der Waals surface area contributed by atoms with E-state index >= 15 is 0 Å². The molecule has 1 aromatic carbocycles. The van der Waals surface area contributed by atoms with Gasteiger partial charge >= 0.3 is 5.97 Å². The number of aromatic nitrogens is 1. The number of hydrogen-bond acceptors (Lipinski definition) is 3. The van der Waals surface area contributed by atoms with Crippen molar-refractivity contribution in [3.63, 3.8) is 0 Å². The van der Waals surface area contributed by atoms with E-state index < -0.39 is 39.8 Å². The van der Waals surface area contributed by atoms with Crippen molar-refractivity contribution in [3.05, 3.63) is 45.5 Å². The van der Waals surface area contributed by atoms with Gasteiger partial charge in [0.05, 0.1) is 17.5 Å². The van der Waals surface area contributed by atoms with Crippen LogP contribution in [-0.4, -0.2) is 17.1 Å². The van der Waals surface area contributed by atoms with Crippen LogP contribution in [0.1, 0.15) is 17.3 Å². The second-order valence-electron chi connectivity index (χ2n) is 4.09. The van der Waals surface area contributed by atoms with Crippen molar-refractivity contribution in [2.75, 3.05) is 6.61 Å². The molecule has 1 heterocycles. The molecule has 0 radical (unpaired) electrons. The standard InChI is InChI=1S/C13H10F3NO3/c1-3-20-13(19)7-5-17(2)11-6(12(7)18)4-8(14)9(15)10(11)16/h4-5H,3H2,1-2H3. The van der Waals surface area contributed by atoms with E-state index in [9.17, 15) is 22.8 Å². The Balaban J connectivity index is 2.87. The van der Waals surface area contributed by atoms with Gasteiger partial charge < -0.3 is 9.30 Å². The Morgan fingerprint density at radius 3 is 2.55 bits per heavy atom. The van der Waals surface area contributed by atoms with Crippen LogP contribution in [0.15, 0.2) is 17.1 Å². The summed E-state index contributed by atoms with van der Waals surface area (Å²) >= 11 is 0. The lowest BCUT2D eigenvalue weighted by atomic mass is 10.1. The topological polar surface area (TPSA) is 48.3 Å². The molecule has 0 spiro atoms. The number of carbonyl (C=O) groups is 1. The number of carbonyl (C=O) groups excluding carboxylic acids is 1. The Morgan fingerprint density at radius 1 is 1.30 bits per heavy atom. The number of aryl methyl sites for hydroxylation is 1. The van der Waals surface area contributed by atoms with Gasteiger partial charge in [-0.3, -0.25) is 4.79 Å². The molecule has 0 amide bonds. The lowest BCUT2D eigenvalue weighted by molar-refractivity contribution is 0.0524. The van der Waals surface area contributed by atoms with Crippen LogP contribution in [-0.2, 0) is 11.8 Å². The maximum atomic E-state index is 13.7. The first-order valence-corrected chi connectivity index (χ1v) is 5.72. The van der Waals surface area contributed by atoms with Gasteiger partial charge in [-0.05, 0) is 13.0 Å². The van der Waals surface area contributed by atoms with Crippen LogP contribution in [0.3, 0.4) is 0 Å². The lowest BCUT2D eigenvalue weighted by Gasteiger charge is -2.10. The molecule has 1 aromatic heterocycles. The molecule has 0 fully saturated rings. The number of rotatable bonds is 2. The number of hydrogen-bond donors (Lipinski definition) is 0. The highest BCUT2D eigenvalue weighted by atomic mass is 19.2. The van der Waals surface area contributed by atoms with Crippen LogP contribution in [0.5, 0.6) is 0 Å². The molecule has 7 heteroatoms. The second-order valence-corrected chi connectivity index (χ2v) is 4.09. The molecule has 2 rings (SSSR count). The Morgan fingerprint density at radius 2 is 1.95 bits per heavy atom. The third kappa shape index (κ3) is 2.04. The first kappa shape index (κ1) is 14.1. The fraction of sp³-hybridized carbons (Fsp3) is 0.231. The summed E-state index contributed by atoms with van der Waals surface area (Å²) in [7, 11) is 1.31. The average Bonchev–Trinajstić information content (AvgIpc) is 2.40. The van der Waals surface area contributed by atoms with Crippen LogP contribution < -0.4 is 5.43 Å². The number of halogens is 3. The van der Waals surface area contributed by atoms with Gasteiger partial charge in [-0.1, -0.05) is 0 Å². The van der Waals surface area contributed by atoms with E-state index in [1.54, 1.807) is 6.92 Å². The predicted octanol–water partition coefficient (Wildman–Crippen LogP) is 2.13. The Bertz CT molecular complexity index is 768. The SMILES string of the molecule is CCOC(=O)c1cn(C)c2c(F)c(F)c(F)cc2c1=O. The molecule has 20 heavy (non-hydrogen) atoms. The highest BCUT2D eigenvalue weighted by Gasteiger charge is 2.21. The van der Waals surface area contributed by atoms with Gasteiger partial charge in [0.25, 0.3) is 0 Å². The quantitative estimate of drug-likeness (QED) is 0.627. The van der Waals surface area contributed by atoms with E-state index in [-0.39, 0.29) is 12.2 Å². The van der Waals surface area contributed by atoms with Gasteiger partial charge in [-0.15, -0.1) is 0 Å². The van der Waals surface area contributed by atoms with Crippen molar-refractivity contribution < 1.29 is 22.7 Å². The molecule has 106 valence electrons. The summed E-state index contributed by atoms with van der Waals surface area (Å²) in [6, 6.07) is 0.568. The van der Waals surface area contributed by atoms with E-state index in [4.69, 9.17) is 0 Å². The van der Waals surface area contributed by atoms with Gasteiger partial charge in [-0.2, -0.15) is 0 Å². The van der Waals surface area contributed by atoms with Crippen molar-refractivity contribution in [1.29, 1.82) is 0 Å². The van der Waals surface area contributed by atoms with Crippen molar-refractivity contribution in [3.8, 4) is 0 Å². The van der Waals surface area contributed by atoms with Crippen LogP contribution in [0.4, 0.5) is 13.2 Å². The Kier molecular flexibility index (Phi) is 3.52. The zero-order valence-corrected chi connectivity index (χ0v) is 10.7. The predicted molar refractivity (Wildman–Crippen MR) is 65.0 cm³/mol. The molecule has 0 saturated carbocycles. The molecule has 0 aliphatic heterocycles. The van der Waals surface area contributed by atoms with Gasteiger partial charge in [-0.25, -0.2) is 18.0 Å². The first-order valence-electron chi connectivity index (χ1n) is 5.72. The summed E-state index contributed by atoms with van der Waals surface area (Å²) in [6.07, 6.45) is 1.03. The van der Waals surface area contributed by atoms with Crippen molar-refractivity contribution in [2.24, 2.45) is 7.05 Å². The summed E-state index contributed by atoms with van der Waals surface area (Å²) in [5.41, 5.74) is -1.69. The smallest absolute Gasteiger partial charge is 0.343 e. The zero-order chi connectivity index (χ0) is 15.0. The molecule has 0 saturated heterocycles. The van der Waals surface area contributed by atoms with E-state index in [1.807, 2.05) is 0 Å². The van der Waals surface area contributed by atoms with E-state index in [2.05, 4.69) is 4.74 Å². The highest BCUT2D eigenvalue weighted by Crippen LogP contribution is 2.21. The molecule has 0 aliphatic rings. The summed E-state index contributed by atoms with van der Waals surface area (Å²) in [5.74, 6) is -5.54. The van der Waals surface area contributed by atoms with E-state index in [1.165, 1.54) is 7.05 Å². The lowest BCUT2D eigenvalue weighted by Crippen LogP contribution is -2.21. The van der Waals surface area contributed by atoms with Crippen molar-refractivity contribution >= 4 is 16.9 Å². The fourth-order valence-electron chi connectivity index (χ4n) is 1.92. The molecule has 0 aliphatic carbocycles. The maximum Gasteiger partial charge on any atom is 0.343 e. The third-order valence-corrected chi connectivity index (χ3v) is 2.80. The maximum absolute atomic E-state index is 13.7. The van der Waals surface area contributed by atoms with Gasteiger partial charge in [0.2, 0.25) is 5.43 Å². The molecule has 0 atom stereocenters. The van der Waals surface area contributed by atoms with Crippen LogP contribution in [0.2, 0.25) is 0 Å². The minimum atomic E-state index is -1.67. The molecular formula is C13H10F3NO3. The molecule has 0 unspecified atom stereocenters. The average molecular weight is 285 g/mol. The molecule has 0 bridgehead atoms. The van der Waals surface area contributed by atoms with Crippen LogP contribution >= 0.6 is 0 Å². The first-order chi connectivity index (χ1) is 9.38. The van der Waals surface area contributed by atoms with Crippen LogP contribution in [0.25, 0.3) is 10.9 Å². The summed E-state index contributed by atoms with van der Waals surface area (Å²) in [6.45, 7) is 1.60. The number of ether oxygens (including phenoxy) is 1. The summed E-state index contributed by atoms with van der Waals surface area (Å²) in [5, 5.41) is -0.422. The van der Waals surface area contributed by atoms with E-state index in [0.717, 1.165) is 10.8 Å². The molecule has 2 aromatic rings. The molecule has 4 nitrogen and oxygen atoms in total. The van der Waals surface area contributed by atoms with Gasteiger partial charge in [0.15, 0.2) is 17.5 Å². The number of pyridine rings is 1. The minimum Gasteiger partial charge on any atom is -0.462 e. The number of esters is 1. The minimum absolute atomic E-state index is 0.0478. The Labute approximate surface area is 111 Å². The van der Waals surface area contributed by atoms with Crippen LogP contribution in [0, 0.1) is 17.5 Å². The third-order valence-electron chi connectivity index (χ3n) is 2.80. The summed E-state index contributed by atoms with van der Waals surface area (Å²) < 4.78 is 45.8. The van der Waals surface area contributed by atoms with Gasteiger partial charge in [0.1, 0.15) is 5.56 Å². The number of benzene rings is 1. The number of nitrogens with zero attached hydrogens (tertiary/aromatic N) is 1. The van der Waals surface area contributed by atoms with E-state index in [0.29, 0.717) is 6.07 Å². The molecule has 0 N–H and O–H groups in total.